The van der Waals surface area contributed by atoms with E-state index in [0.29, 0.717) is 22.4 Å². The first-order valence-corrected chi connectivity index (χ1v) is 12.6. The molecular formula is C24H25ClN2O3S. The third-order valence-corrected chi connectivity index (χ3v) is 8.81. The van der Waals surface area contributed by atoms with Crippen LogP contribution in [0.4, 0.5) is 5.88 Å². The van der Waals surface area contributed by atoms with Crippen LogP contribution in [0.1, 0.15) is 32.6 Å². The molecule has 1 aromatic heterocycles. The smallest absolute Gasteiger partial charge is 0.234 e. The van der Waals surface area contributed by atoms with Gasteiger partial charge in [-0.05, 0) is 68.2 Å². The van der Waals surface area contributed by atoms with Crippen molar-refractivity contribution in [3.63, 3.8) is 0 Å². The van der Waals surface area contributed by atoms with E-state index < -0.39 is 9.84 Å². The molecule has 162 valence electrons. The summed E-state index contributed by atoms with van der Waals surface area (Å²) in [6, 6.07) is 15.6. The predicted octanol–water partition coefficient (Wildman–Crippen LogP) is 6.06. The van der Waals surface area contributed by atoms with E-state index in [-0.39, 0.29) is 27.7 Å². The third-order valence-electron chi connectivity index (χ3n) is 6.80. The Morgan fingerprint density at radius 2 is 1.81 bits per heavy atom. The lowest BCUT2D eigenvalue weighted by Gasteiger charge is -2.28. The first-order chi connectivity index (χ1) is 14.9. The molecule has 0 spiro atoms. The van der Waals surface area contributed by atoms with Crippen molar-refractivity contribution in [2.24, 2.45) is 17.8 Å². The summed E-state index contributed by atoms with van der Waals surface area (Å²) >= 11 is 6.33. The van der Waals surface area contributed by atoms with Gasteiger partial charge in [-0.2, -0.15) is 4.98 Å². The van der Waals surface area contributed by atoms with Gasteiger partial charge in [-0.3, -0.25) is 0 Å². The van der Waals surface area contributed by atoms with Gasteiger partial charge in [-0.15, -0.1) is 0 Å². The molecule has 5 nitrogen and oxygen atoms in total. The lowest BCUT2D eigenvalue weighted by atomic mass is 9.84. The Hall–Kier alpha value is -2.31. The van der Waals surface area contributed by atoms with Crippen LogP contribution >= 0.6 is 11.6 Å². The van der Waals surface area contributed by atoms with Crippen LogP contribution in [-0.4, -0.2) is 19.4 Å². The maximum absolute atomic E-state index is 13.4. The van der Waals surface area contributed by atoms with Gasteiger partial charge in [0, 0.05) is 6.04 Å². The largest absolute Gasteiger partial charge is 0.419 e. The molecular weight excluding hydrogens is 432 g/mol. The first-order valence-electron chi connectivity index (χ1n) is 10.8. The van der Waals surface area contributed by atoms with Crippen molar-refractivity contribution >= 4 is 27.3 Å². The van der Waals surface area contributed by atoms with E-state index in [2.05, 4.69) is 17.2 Å². The standard InChI is InChI=1S/C24H25ClN2O3S/c1-15(20-14-16-11-12-17(20)13-16)26-23-24(31(28,29)18-7-3-2-4-8-18)27-22(30-23)19-9-5-6-10-21(19)25/h2-10,15-17,20,26H,11-14H2,1H3/t15-,16+,17+,20+/m1/s1. The van der Waals surface area contributed by atoms with Crippen LogP contribution in [0.25, 0.3) is 11.5 Å². The molecule has 1 heterocycles. The number of aromatic nitrogens is 1. The molecule has 2 aliphatic rings. The molecule has 2 bridgehead atoms. The SMILES string of the molecule is C[C@@H](Nc1oc(-c2ccccc2Cl)nc1S(=O)(=O)c1ccccc1)[C@@H]1C[C@H]2CC[C@H]1C2. The van der Waals surface area contributed by atoms with Crippen molar-refractivity contribution in [3.8, 4) is 11.5 Å². The number of nitrogens with one attached hydrogen (secondary N) is 1. The van der Waals surface area contributed by atoms with Gasteiger partial charge in [0.2, 0.25) is 26.6 Å². The molecule has 0 amide bonds. The number of rotatable bonds is 6. The van der Waals surface area contributed by atoms with Gasteiger partial charge in [-0.1, -0.05) is 48.4 Å². The van der Waals surface area contributed by atoms with Crippen molar-refractivity contribution in [1.29, 1.82) is 0 Å². The predicted molar refractivity (Wildman–Crippen MR) is 121 cm³/mol. The average Bonchev–Trinajstić information content (AvgIpc) is 3.51. The molecule has 0 saturated heterocycles. The second-order valence-corrected chi connectivity index (χ2v) is 11.0. The van der Waals surface area contributed by atoms with Crippen molar-refractivity contribution in [3.05, 3.63) is 59.6 Å². The Balaban J connectivity index is 1.55. The zero-order valence-electron chi connectivity index (χ0n) is 17.3. The number of benzene rings is 2. The van der Waals surface area contributed by atoms with E-state index in [0.717, 1.165) is 5.92 Å². The molecule has 1 N–H and O–H groups in total. The summed E-state index contributed by atoms with van der Waals surface area (Å²) in [5.41, 5.74) is 0.564. The molecule has 0 aliphatic heterocycles. The number of hydrogen-bond donors (Lipinski definition) is 1. The lowest BCUT2D eigenvalue weighted by Crippen LogP contribution is -2.30. The highest BCUT2D eigenvalue weighted by atomic mass is 35.5. The van der Waals surface area contributed by atoms with Crippen LogP contribution < -0.4 is 5.32 Å². The van der Waals surface area contributed by atoms with Crippen LogP contribution in [0.15, 0.2) is 68.9 Å². The summed E-state index contributed by atoms with van der Waals surface area (Å²) in [5, 5.41) is 3.74. The zero-order chi connectivity index (χ0) is 21.6. The highest BCUT2D eigenvalue weighted by molar-refractivity contribution is 7.91. The summed E-state index contributed by atoms with van der Waals surface area (Å²) in [6.45, 7) is 2.11. The normalized spacial score (nSPS) is 23.7. The van der Waals surface area contributed by atoms with Crippen molar-refractivity contribution in [1.82, 2.24) is 4.98 Å². The van der Waals surface area contributed by atoms with Crippen LogP contribution in [0, 0.1) is 17.8 Å². The Kier molecular flexibility index (Phi) is 5.30. The fourth-order valence-electron chi connectivity index (χ4n) is 5.26. The second kappa shape index (κ2) is 7.99. The molecule has 2 aliphatic carbocycles. The molecule has 5 rings (SSSR count). The van der Waals surface area contributed by atoms with E-state index in [4.69, 9.17) is 16.0 Å². The number of hydrogen-bond acceptors (Lipinski definition) is 5. The Bertz CT molecular complexity index is 1190. The van der Waals surface area contributed by atoms with Gasteiger partial charge in [0.05, 0.1) is 15.5 Å². The van der Waals surface area contributed by atoms with Gasteiger partial charge >= 0.3 is 0 Å². The number of sulfone groups is 1. The number of fused-ring (bicyclic) bond motifs is 2. The molecule has 4 atom stereocenters. The Morgan fingerprint density at radius 3 is 2.48 bits per heavy atom. The summed E-state index contributed by atoms with van der Waals surface area (Å²) in [7, 11) is -3.86. The second-order valence-electron chi connectivity index (χ2n) is 8.72. The third kappa shape index (κ3) is 3.76. The minimum atomic E-state index is -3.86. The van der Waals surface area contributed by atoms with Crippen LogP contribution in [0.2, 0.25) is 5.02 Å². The summed E-state index contributed by atoms with van der Waals surface area (Å²) < 4.78 is 32.9. The topological polar surface area (TPSA) is 72.2 Å². The molecule has 0 radical (unpaired) electrons. The number of oxazole rings is 1. The lowest BCUT2D eigenvalue weighted by molar-refractivity contribution is 0.301. The molecule has 31 heavy (non-hydrogen) atoms. The fourth-order valence-corrected chi connectivity index (χ4v) is 6.76. The molecule has 2 fully saturated rings. The van der Waals surface area contributed by atoms with Gasteiger partial charge in [0.15, 0.2) is 0 Å². The van der Waals surface area contributed by atoms with Crippen LogP contribution in [-0.2, 0) is 9.84 Å². The molecule has 0 unspecified atom stereocenters. The fraction of sp³-hybridized carbons (Fsp3) is 0.375. The molecule has 2 aromatic carbocycles. The summed E-state index contributed by atoms with van der Waals surface area (Å²) in [5.74, 6) is 2.41. The average molecular weight is 457 g/mol. The minimum absolute atomic E-state index is 0.0899. The number of anilines is 1. The highest BCUT2D eigenvalue weighted by Gasteiger charge is 2.42. The van der Waals surface area contributed by atoms with E-state index in [1.807, 2.05) is 12.1 Å². The quantitative estimate of drug-likeness (QED) is 0.487. The van der Waals surface area contributed by atoms with Crippen LogP contribution in [0.5, 0.6) is 0 Å². The van der Waals surface area contributed by atoms with Crippen molar-refractivity contribution < 1.29 is 12.8 Å². The van der Waals surface area contributed by atoms with Gasteiger partial charge < -0.3 is 9.73 Å². The van der Waals surface area contributed by atoms with Crippen molar-refractivity contribution in [2.45, 2.75) is 48.6 Å². The van der Waals surface area contributed by atoms with Gasteiger partial charge in [0.1, 0.15) is 0 Å². The minimum Gasteiger partial charge on any atom is -0.419 e. The first kappa shape index (κ1) is 20.6. The van der Waals surface area contributed by atoms with Crippen LogP contribution in [0.3, 0.4) is 0 Å². The summed E-state index contributed by atoms with van der Waals surface area (Å²) in [4.78, 5) is 4.60. The maximum atomic E-state index is 13.4. The number of halogens is 1. The van der Waals surface area contributed by atoms with E-state index in [1.54, 1.807) is 42.5 Å². The maximum Gasteiger partial charge on any atom is 0.234 e. The Morgan fingerprint density at radius 1 is 1.06 bits per heavy atom. The highest BCUT2D eigenvalue weighted by Crippen LogP contribution is 2.50. The van der Waals surface area contributed by atoms with E-state index >= 15 is 0 Å². The van der Waals surface area contributed by atoms with E-state index in [9.17, 15) is 8.42 Å². The Labute approximate surface area is 187 Å². The monoisotopic (exact) mass is 456 g/mol. The van der Waals surface area contributed by atoms with E-state index in [1.165, 1.54) is 25.7 Å². The molecule has 3 aromatic rings. The van der Waals surface area contributed by atoms with Gasteiger partial charge in [0.25, 0.3) is 0 Å². The molecule has 2 saturated carbocycles. The summed E-state index contributed by atoms with van der Waals surface area (Å²) in [6.07, 6.45) is 5.05. The van der Waals surface area contributed by atoms with Crippen molar-refractivity contribution in [2.75, 3.05) is 5.32 Å². The molecule has 7 heteroatoms. The zero-order valence-corrected chi connectivity index (χ0v) is 18.9. The van der Waals surface area contributed by atoms with Gasteiger partial charge in [-0.25, -0.2) is 8.42 Å². The number of nitrogens with zero attached hydrogens (tertiary/aromatic N) is 1.